The fraction of sp³-hybridized carbons (Fsp3) is 0.250. The number of nitrogens with one attached hydrogen (secondary N) is 1. The highest BCUT2D eigenvalue weighted by molar-refractivity contribution is 9.10. The summed E-state index contributed by atoms with van der Waals surface area (Å²) in [5, 5.41) is 18.0. The summed E-state index contributed by atoms with van der Waals surface area (Å²) in [6.07, 6.45) is 0. The summed E-state index contributed by atoms with van der Waals surface area (Å²) in [7, 11) is 1.61. The Bertz CT molecular complexity index is 672. The third kappa shape index (κ3) is 2.79. The third-order valence-corrected chi connectivity index (χ3v) is 3.60. The van der Waals surface area contributed by atoms with Gasteiger partial charge < -0.3 is 5.32 Å². The third-order valence-electron chi connectivity index (χ3n) is 2.83. The maximum absolute atomic E-state index is 13.2. The Labute approximate surface area is 122 Å². The molecule has 0 amide bonds. The van der Waals surface area contributed by atoms with Crippen LogP contribution in [-0.4, -0.2) is 14.7 Å². The maximum Gasteiger partial charge on any atom is 0.333 e. The molecule has 1 heterocycles. The largest absolute Gasteiger partial charge is 0.360 e. The summed E-state index contributed by atoms with van der Waals surface area (Å²) in [5.41, 5.74) is 0.927. The first-order valence-electron chi connectivity index (χ1n) is 5.76. The molecule has 0 spiro atoms. The molecule has 1 aromatic carbocycles. The second-order valence-corrected chi connectivity index (χ2v) is 5.11. The number of hydrogen-bond acceptors (Lipinski definition) is 4. The number of halogens is 2. The first kappa shape index (κ1) is 14.4. The van der Waals surface area contributed by atoms with Crippen molar-refractivity contribution in [2.24, 2.45) is 7.05 Å². The lowest BCUT2D eigenvalue weighted by Crippen LogP contribution is -2.07. The number of anilines is 1. The van der Waals surface area contributed by atoms with E-state index in [2.05, 4.69) is 26.3 Å². The Balaban J connectivity index is 2.27. The van der Waals surface area contributed by atoms with E-state index in [9.17, 15) is 14.5 Å². The van der Waals surface area contributed by atoms with Crippen LogP contribution in [0.4, 0.5) is 15.9 Å². The Kier molecular flexibility index (Phi) is 4.03. The normalized spacial score (nSPS) is 10.6. The van der Waals surface area contributed by atoms with Gasteiger partial charge in [0.1, 0.15) is 11.5 Å². The van der Waals surface area contributed by atoms with Crippen LogP contribution < -0.4 is 5.32 Å². The molecular weight excluding hydrogens is 331 g/mol. The summed E-state index contributed by atoms with van der Waals surface area (Å²) in [5.74, 6) is -0.0654. The van der Waals surface area contributed by atoms with E-state index in [1.165, 1.54) is 16.8 Å². The molecule has 0 saturated heterocycles. The number of nitrogens with zero attached hydrogens (tertiary/aromatic N) is 3. The molecule has 106 valence electrons. The second-order valence-electron chi connectivity index (χ2n) is 4.25. The molecule has 20 heavy (non-hydrogen) atoms. The van der Waals surface area contributed by atoms with Crippen molar-refractivity contribution in [1.82, 2.24) is 9.78 Å². The quantitative estimate of drug-likeness (QED) is 0.684. The van der Waals surface area contributed by atoms with Gasteiger partial charge in [-0.05, 0) is 30.7 Å². The SMILES string of the molecule is Cc1nn(C)c(NCc2cc(F)ccc2Br)c1[N+](=O)[O-]. The fourth-order valence-electron chi connectivity index (χ4n) is 1.92. The van der Waals surface area contributed by atoms with Crippen LogP contribution in [0.2, 0.25) is 0 Å². The standard InChI is InChI=1S/C12H12BrFN4O2/c1-7-11(18(19)20)12(17(2)16-7)15-6-8-5-9(14)3-4-10(8)13/h3-5,15H,6H2,1-2H3. The van der Waals surface area contributed by atoms with E-state index < -0.39 is 4.92 Å². The Morgan fingerprint density at radius 1 is 1.55 bits per heavy atom. The lowest BCUT2D eigenvalue weighted by molar-refractivity contribution is -0.384. The van der Waals surface area contributed by atoms with Crippen LogP contribution in [0.5, 0.6) is 0 Å². The molecule has 0 unspecified atom stereocenters. The van der Waals surface area contributed by atoms with Crippen molar-refractivity contribution in [1.29, 1.82) is 0 Å². The average Bonchev–Trinajstić information content (AvgIpc) is 2.65. The first-order valence-corrected chi connectivity index (χ1v) is 6.55. The Morgan fingerprint density at radius 3 is 2.90 bits per heavy atom. The molecule has 0 fully saturated rings. The highest BCUT2D eigenvalue weighted by atomic mass is 79.9. The van der Waals surface area contributed by atoms with Crippen LogP contribution >= 0.6 is 15.9 Å². The summed E-state index contributed by atoms with van der Waals surface area (Å²) in [6, 6.07) is 4.30. The fourth-order valence-corrected chi connectivity index (χ4v) is 2.31. The van der Waals surface area contributed by atoms with Gasteiger partial charge in [-0.25, -0.2) is 9.07 Å². The molecule has 0 radical (unpaired) electrons. The van der Waals surface area contributed by atoms with Crippen LogP contribution in [0.15, 0.2) is 22.7 Å². The minimum Gasteiger partial charge on any atom is -0.360 e. The Morgan fingerprint density at radius 2 is 2.25 bits per heavy atom. The minimum absolute atomic E-state index is 0.0694. The molecular formula is C12H12BrFN4O2. The molecule has 2 rings (SSSR count). The van der Waals surface area contributed by atoms with E-state index in [-0.39, 0.29) is 18.0 Å². The van der Waals surface area contributed by atoms with Crippen LogP contribution in [-0.2, 0) is 13.6 Å². The molecule has 0 aliphatic heterocycles. The molecule has 0 atom stereocenters. The molecule has 8 heteroatoms. The molecule has 1 N–H and O–H groups in total. The van der Waals surface area contributed by atoms with Crippen molar-refractivity contribution >= 4 is 27.4 Å². The number of rotatable bonds is 4. The maximum atomic E-state index is 13.2. The molecule has 6 nitrogen and oxygen atoms in total. The topological polar surface area (TPSA) is 73.0 Å². The zero-order valence-electron chi connectivity index (χ0n) is 10.9. The Hall–Kier alpha value is -1.96. The van der Waals surface area contributed by atoms with E-state index in [0.29, 0.717) is 17.1 Å². The zero-order valence-corrected chi connectivity index (χ0v) is 12.4. The van der Waals surface area contributed by atoms with Crippen LogP contribution in [0.1, 0.15) is 11.3 Å². The summed E-state index contributed by atoms with van der Waals surface area (Å²) < 4.78 is 15.3. The van der Waals surface area contributed by atoms with Crippen molar-refractivity contribution in [2.45, 2.75) is 13.5 Å². The molecule has 0 saturated carbocycles. The summed E-state index contributed by atoms with van der Waals surface area (Å²) >= 11 is 3.31. The van der Waals surface area contributed by atoms with Gasteiger partial charge in [0.2, 0.25) is 5.82 Å². The number of aryl methyl sites for hydroxylation is 2. The van der Waals surface area contributed by atoms with Crippen molar-refractivity contribution in [3.8, 4) is 0 Å². The van der Waals surface area contributed by atoms with Gasteiger partial charge in [-0.1, -0.05) is 15.9 Å². The zero-order chi connectivity index (χ0) is 14.9. The summed E-state index contributed by atoms with van der Waals surface area (Å²) in [4.78, 5) is 10.6. The van der Waals surface area contributed by atoms with Gasteiger partial charge in [0.05, 0.1) is 4.92 Å². The molecule has 0 aliphatic rings. The number of aromatic nitrogens is 2. The first-order chi connectivity index (χ1) is 9.40. The van der Waals surface area contributed by atoms with E-state index in [1.807, 2.05) is 0 Å². The van der Waals surface area contributed by atoms with Crippen molar-refractivity contribution in [3.05, 3.63) is 49.9 Å². The van der Waals surface area contributed by atoms with Gasteiger partial charge in [0.25, 0.3) is 0 Å². The van der Waals surface area contributed by atoms with Crippen LogP contribution in [0.3, 0.4) is 0 Å². The van der Waals surface area contributed by atoms with E-state index in [4.69, 9.17) is 0 Å². The smallest absolute Gasteiger partial charge is 0.333 e. The lowest BCUT2D eigenvalue weighted by atomic mass is 10.2. The highest BCUT2D eigenvalue weighted by Crippen LogP contribution is 2.28. The van der Waals surface area contributed by atoms with Crippen molar-refractivity contribution in [3.63, 3.8) is 0 Å². The monoisotopic (exact) mass is 342 g/mol. The predicted octanol–water partition coefficient (Wildman–Crippen LogP) is 3.15. The van der Waals surface area contributed by atoms with Crippen molar-refractivity contribution in [2.75, 3.05) is 5.32 Å². The molecule has 1 aromatic heterocycles. The highest BCUT2D eigenvalue weighted by Gasteiger charge is 2.23. The number of nitro groups is 1. The second kappa shape index (κ2) is 5.58. The van der Waals surface area contributed by atoms with Crippen molar-refractivity contribution < 1.29 is 9.31 Å². The summed E-state index contributed by atoms with van der Waals surface area (Å²) in [6.45, 7) is 1.82. The van der Waals surface area contributed by atoms with Gasteiger partial charge in [0, 0.05) is 18.1 Å². The van der Waals surface area contributed by atoms with E-state index in [1.54, 1.807) is 20.0 Å². The van der Waals surface area contributed by atoms with Gasteiger partial charge in [-0.2, -0.15) is 5.10 Å². The lowest BCUT2D eigenvalue weighted by Gasteiger charge is -2.08. The van der Waals surface area contributed by atoms with Gasteiger partial charge in [0.15, 0.2) is 0 Å². The average molecular weight is 343 g/mol. The van der Waals surface area contributed by atoms with Gasteiger partial charge >= 0.3 is 5.69 Å². The number of hydrogen-bond donors (Lipinski definition) is 1. The molecule has 2 aromatic rings. The van der Waals surface area contributed by atoms with Gasteiger partial charge in [-0.15, -0.1) is 0 Å². The van der Waals surface area contributed by atoms with E-state index >= 15 is 0 Å². The predicted molar refractivity (Wildman–Crippen MR) is 76.0 cm³/mol. The minimum atomic E-state index is -0.481. The van der Waals surface area contributed by atoms with Crippen LogP contribution in [0, 0.1) is 22.9 Å². The number of benzene rings is 1. The molecule has 0 bridgehead atoms. The van der Waals surface area contributed by atoms with Crippen LogP contribution in [0.25, 0.3) is 0 Å². The van der Waals surface area contributed by atoms with E-state index in [0.717, 1.165) is 4.47 Å². The molecule has 0 aliphatic carbocycles. The van der Waals surface area contributed by atoms with Gasteiger partial charge in [-0.3, -0.25) is 10.1 Å².